The van der Waals surface area contributed by atoms with E-state index in [1.54, 1.807) is 25.5 Å². The molecule has 1 aromatic carbocycles. The maximum atomic E-state index is 12.8. The smallest absolute Gasteiger partial charge is 0.269 e. The number of nitrogens with one attached hydrogen (secondary N) is 1. The quantitative estimate of drug-likeness (QED) is 0.317. The van der Waals surface area contributed by atoms with Crippen molar-refractivity contribution in [3.05, 3.63) is 71.1 Å². The van der Waals surface area contributed by atoms with Crippen molar-refractivity contribution in [3.63, 3.8) is 0 Å². The highest BCUT2D eigenvalue weighted by Crippen LogP contribution is 2.38. The highest BCUT2D eigenvalue weighted by molar-refractivity contribution is 6.30. The zero-order valence-electron chi connectivity index (χ0n) is 23.0. The Kier molecular flexibility index (Phi) is 7.71. The first-order chi connectivity index (χ1) is 19.5. The van der Waals surface area contributed by atoms with E-state index in [-0.39, 0.29) is 11.9 Å². The molecular formula is C31H35ClN6O2. The van der Waals surface area contributed by atoms with E-state index in [0.29, 0.717) is 42.1 Å². The summed E-state index contributed by atoms with van der Waals surface area (Å²) in [7, 11) is 1.61. The van der Waals surface area contributed by atoms with E-state index >= 15 is 0 Å². The number of imidazole rings is 1. The molecule has 4 aromatic rings. The molecule has 1 amide bonds. The lowest BCUT2D eigenvalue weighted by Gasteiger charge is -2.37. The Hall–Kier alpha value is -3.49. The molecule has 2 fully saturated rings. The Labute approximate surface area is 239 Å². The number of carbonyl (C=O) groups excluding carboxylic acids is 1. The lowest BCUT2D eigenvalue weighted by atomic mass is 9.83. The molecule has 0 spiro atoms. The zero-order valence-corrected chi connectivity index (χ0v) is 23.8. The number of carbonyl (C=O) groups is 1. The van der Waals surface area contributed by atoms with Gasteiger partial charge in [0, 0.05) is 38.1 Å². The number of rotatable bonds is 6. The van der Waals surface area contributed by atoms with E-state index in [2.05, 4.69) is 51.0 Å². The number of amides is 1. The molecule has 8 nitrogen and oxygen atoms in total. The largest absolute Gasteiger partial charge is 0.377 e. The van der Waals surface area contributed by atoms with Crippen molar-refractivity contribution < 1.29 is 9.53 Å². The number of benzene rings is 1. The molecule has 3 aromatic heterocycles. The number of ether oxygens (including phenoxy) is 1. The van der Waals surface area contributed by atoms with Crippen LogP contribution in [0.4, 0.5) is 5.95 Å². The van der Waals surface area contributed by atoms with Crippen LogP contribution in [0.3, 0.4) is 0 Å². The number of halogens is 1. The summed E-state index contributed by atoms with van der Waals surface area (Å²) in [5.41, 5.74) is 4.57. The molecule has 0 unspecified atom stereocenters. The van der Waals surface area contributed by atoms with Gasteiger partial charge in [0.15, 0.2) is 0 Å². The predicted molar refractivity (Wildman–Crippen MR) is 158 cm³/mol. The first kappa shape index (κ1) is 26.7. The van der Waals surface area contributed by atoms with Crippen molar-refractivity contribution in [1.29, 1.82) is 0 Å². The first-order valence-corrected chi connectivity index (χ1v) is 14.5. The van der Waals surface area contributed by atoms with Gasteiger partial charge in [-0.3, -0.25) is 9.78 Å². The maximum absolute atomic E-state index is 12.8. The SMILES string of the molecule is CNC(=O)c1cc2nc(N3CCOC[C@H]3c3ccccc3)n(CC3CCC(C)CC3)c2c(-c2cncc(Cl)c2)n1. The number of nitrogens with zero attached hydrogens (tertiary/aromatic N) is 5. The van der Waals surface area contributed by atoms with Gasteiger partial charge in [-0.1, -0.05) is 61.7 Å². The van der Waals surface area contributed by atoms with E-state index in [1.165, 1.54) is 31.2 Å². The fourth-order valence-electron chi connectivity index (χ4n) is 6.09. The van der Waals surface area contributed by atoms with Gasteiger partial charge in [0.05, 0.1) is 41.0 Å². The summed E-state index contributed by atoms with van der Waals surface area (Å²) < 4.78 is 8.31. The molecular weight excluding hydrogens is 524 g/mol. The van der Waals surface area contributed by atoms with E-state index in [1.807, 2.05) is 12.1 Å². The molecule has 208 valence electrons. The minimum atomic E-state index is -0.260. The number of hydrogen-bond donors (Lipinski definition) is 1. The second kappa shape index (κ2) is 11.6. The Morgan fingerprint density at radius 3 is 2.65 bits per heavy atom. The van der Waals surface area contributed by atoms with Crippen LogP contribution in [0.25, 0.3) is 22.3 Å². The highest BCUT2D eigenvalue weighted by Gasteiger charge is 2.32. The number of aromatic nitrogens is 4. The van der Waals surface area contributed by atoms with Crippen molar-refractivity contribution >= 4 is 34.5 Å². The van der Waals surface area contributed by atoms with Gasteiger partial charge in [0.25, 0.3) is 5.91 Å². The summed E-state index contributed by atoms with van der Waals surface area (Å²) in [5, 5.41) is 3.23. The first-order valence-electron chi connectivity index (χ1n) is 14.2. The highest BCUT2D eigenvalue weighted by atomic mass is 35.5. The summed E-state index contributed by atoms with van der Waals surface area (Å²) in [4.78, 5) is 29.6. The fraction of sp³-hybridized carbons (Fsp3) is 0.419. The number of pyridine rings is 2. The Morgan fingerprint density at radius 1 is 1.10 bits per heavy atom. The van der Waals surface area contributed by atoms with Crippen molar-refractivity contribution in [3.8, 4) is 11.3 Å². The molecule has 4 heterocycles. The van der Waals surface area contributed by atoms with Gasteiger partial charge in [-0.15, -0.1) is 0 Å². The molecule has 40 heavy (non-hydrogen) atoms. The monoisotopic (exact) mass is 558 g/mol. The summed E-state index contributed by atoms with van der Waals surface area (Å²) in [5.74, 6) is 1.93. The molecule has 9 heteroatoms. The average molecular weight is 559 g/mol. The van der Waals surface area contributed by atoms with Crippen LogP contribution in [-0.4, -0.2) is 52.2 Å². The minimum Gasteiger partial charge on any atom is -0.377 e. The van der Waals surface area contributed by atoms with E-state index in [4.69, 9.17) is 26.3 Å². The standard InChI is InChI=1S/C31H35ClN6O2/c1-20-8-10-21(11-9-20)18-38-29-25(15-26(30(39)33-2)35-28(29)23-14-24(32)17-34-16-23)36-31(38)37-12-13-40-19-27(37)22-6-4-3-5-7-22/h3-7,14-17,20-21,27H,8-13,18-19H2,1-2H3,(H,33,39)/t20?,21?,27-/m0/s1. The number of morpholine rings is 1. The average Bonchev–Trinajstić information content (AvgIpc) is 3.35. The van der Waals surface area contributed by atoms with Gasteiger partial charge < -0.3 is 19.5 Å². The number of fused-ring (bicyclic) bond motifs is 1. The molecule has 1 atom stereocenters. The van der Waals surface area contributed by atoms with Gasteiger partial charge in [-0.2, -0.15) is 0 Å². The molecule has 6 rings (SSSR count). The fourth-order valence-corrected chi connectivity index (χ4v) is 6.26. The molecule has 1 saturated carbocycles. The molecule has 1 saturated heterocycles. The summed E-state index contributed by atoms with van der Waals surface area (Å²) >= 11 is 6.38. The van der Waals surface area contributed by atoms with Gasteiger partial charge >= 0.3 is 0 Å². The molecule has 0 radical (unpaired) electrons. The molecule has 1 N–H and O–H groups in total. The van der Waals surface area contributed by atoms with Gasteiger partial charge in [0.1, 0.15) is 5.69 Å². The van der Waals surface area contributed by atoms with Crippen molar-refractivity contribution in [2.75, 3.05) is 31.7 Å². The van der Waals surface area contributed by atoms with Crippen LogP contribution in [-0.2, 0) is 11.3 Å². The van der Waals surface area contributed by atoms with E-state index in [9.17, 15) is 4.79 Å². The van der Waals surface area contributed by atoms with Crippen LogP contribution in [0.15, 0.2) is 54.9 Å². The van der Waals surface area contributed by atoms with Crippen molar-refractivity contribution in [2.45, 2.75) is 45.2 Å². The van der Waals surface area contributed by atoms with Crippen LogP contribution in [0.1, 0.15) is 54.7 Å². The third-order valence-corrected chi connectivity index (χ3v) is 8.50. The summed E-state index contributed by atoms with van der Waals surface area (Å²) in [6.45, 7) is 5.11. The number of hydrogen-bond acceptors (Lipinski definition) is 6. The number of anilines is 1. The predicted octanol–water partition coefficient (Wildman–Crippen LogP) is 5.91. The van der Waals surface area contributed by atoms with E-state index in [0.717, 1.165) is 35.0 Å². The molecule has 1 aliphatic carbocycles. The van der Waals surface area contributed by atoms with Gasteiger partial charge in [-0.25, -0.2) is 9.97 Å². The van der Waals surface area contributed by atoms with Crippen molar-refractivity contribution in [2.24, 2.45) is 11.8 Å². The maximum Gasteiger partial charge on any atom is 0.269 e. The third kappa shape index (κ3) is 5.30. The Balaban J connectivity index is 1.56. The topological polar surface area (TPSA) is 85.2 Å². The molecule has 1 aliphatic heterocycles. The third-order valence-electron chi connectivity index (χ3n) is 8.29. The van der Waals surface area contributed by atoms with Crippen LogP contribution in [0, 0.1) is 11.8 Å². The Morgan fingerprint density at radius 2 is 1.90 bits per heavy atom. The molecule has 0 bridgehead atoms. The van der Waals surface area contributed by atoms with E-state index < -0.39 is 0 Å². The van der Waals surface area contributed by atoms with Crippen LogP contribution in [0.2, 0.25) is 5.02 Å². The molecule has 2 aliphatic rings. The lowest BCUT2D eigenvalue weighted by Crippen LogP contribution is -2.41. The Bertz CT molecular complexity index is 1500. The summed E-state index contributed by atoms with van der Waals surface area (Å²) in [6.07, 6.45) is 8.20. The zero-order chi connectivity index (χ0) is 27.6. The lowest BCUT2D eigenvalue weighted by molar-refractivity contribution is 0.0927. The van der Waals surface area contributed by atoms with Crippen LogP contribution in [0.5, 0.6) is 0 Å². The second-order valence-electron chi connectivity index (χ2n) is 11.0. The van der Waals surface area contributed by atoms with Crippen LogP contribution < -0.4 is 10.2 Å². The normalized spacial score (nSPS) is 21.5. The van der Waals surface area contributed by atoms with Gasteiger partial charge in [0.2, 0.25) is 5.95 Å². The second-order valence-corrected chi connectivity index (χ2v) is 11.5. The minimum absolute atomic E-state index is 0.0274. The van der Waals surface area contributed by atoms with Crippen LogP contribution >= 0.6 is 11.6 Å². The van der Waals surface area contributed by atoms with Gasteiger partial charge in [-0.05, 0) is 42.4 Å². The summed E-state index contributed by atoms with van der Waals surface area (Å²) in [6, 6.07) is 14.2. The van der Waals surface area contributed by atoms with Crippen molar-refractivity contribution in [1.82, 2.24) is 24.8 Å².